The first-order valence-corrected chi connectivity index (χ1v) is 7.41. The first kappa shape index (κ1) is 14.5. The molecule has 112 valence electrons. The normalized spacial score (nSPS) is 12.3. The molecule has 1 atom stereocenters. The summed E-state index contributed by atoms with van der Waals surface area (Å²) < 4.78 is 19.5. The van der Waals surface area contributed by atoms with Gasteiger partial charge in [0, 0.05) is 0 Å². The van der Waals surface area contributed by atoms with Crippen molar-refractivity contribution in [1.82, 2.24) is 4.98 Å². The summed E-state index contributed by atoms with van der Waals surface area (Å²) in [6, 6.07) is 11.2. The van der Waals surface area contributed by atoms with Crippen LogP contribution < -0.4 is 4.74 Å². The standard InChI is InChI=1S/C16H12FNO3S/c1-9(15(19)20)10-2-5-12(6-3-10)21-16-18-13-7-4-11(17)8-14(13)22-16/h2-9H,1H3,(H,19,20). The van der Waals surface area contributed by atoms with Crippen molar-refractivity contribution >= 4 is 27.5 Å². The van der Waals surface area contributed by atoms with Crippen LogP contribution in [0.4, 0.5) is 4.39 Å². The lowest BCUT2D eigenvalue weighted by molar-refractivity contribution is -0.138. The third-order valence-electron chi connectivity index (χ3n) is 3.29. The highest BCUT2D eigenvalue weighted by Crippen LogP contribution is 2.32. The van der Waals surface area contributed by atoms with Gasteiger partial charge in [0.1, 0.15) is 11.6 Å². The molecule has 1 aromatic heterocycles. The maximum absolute atomic E-state index is 13.1. The molecule has 0 bridgehead atoms. The van der Waals surface area contributed by atoms with E-state index in [4.69, 9.17) is 9.84 Å². The van der Waals surface area contributed by atoms with E-state index < -0.39 is 11.9 Å². The number of carboxylic acids is 1. The van der Waals surface area contributed by atoms with Crippen LogP contribution in [-0.2, 0) is 4.79 Å². The molecular weight excluding hydrogens is 305 g/mol. The van der Waals surface area contributed by atoms with Gasteiger partial charge in [-0.25, -0.2) is 9.37 Å². The number of halogens is 1. The van der Waals surface area contributed by atoms with Gasteiger partial charge in [-0.05, 0) is 42.8 Å². The number of rotatable bonds is 4. The van der Waals surface area contributed by atoms with Crippen LogP contribution >= 0.6 is 11.3 Å². The molecule has 2 aromatic carbocycles. The Morgan fingerprint density at radius 2 is 2.00 bits per heavy atom. The number of aromatic nitrogens is 1. The second-order valence-electron chi connectivity index (χ2n) is 4.82. The van der Waals surface area contributed by atoms with E-state index in [9.17, 15) is 9.18 Å². The molecule has 0 aliphatic rings. The molecule has 0 amide bonds. The molecule has 0 aliphatic heterocycles. The van der Waals surface area contributed by atoms with Crippen molar-refractivity contribution in [2.24, 2.45) is 0 Å². The lowest BCUT2D eigenvalue weighted by Gasteiger charge is -2.07. The molecule has 4 nitrogen and oxygen atoms in total. The topological polar surface area (TPSA) is 59.4 Å². The number of ether oxygens (including phenoxy) is 1. The van der Waals surface area contributed by atoms with Crippen molar-refractivity contribution in [3.05, 3.63) is 53.8 Å². The number of benzene rings is 2. The average molecular weight is 317 g/mol. The molecule has 0 saturated heterocycles. The summed E-state index contributed by atoms with van der Waals surface area (Å²) in [5, 5.41) is 9.39. The molecule has 3 aromatic rings. The minimum Gasteiger partial charge on any atom is -0.481 e. The third kappa shape index (κ3) is 2.92. The fourth-order valence-corrected chi connectivity index (χ4v) is 2.85. The van der Waals surface area contributed by atoms with E-state index >= 15 is 0 Å². The Labute approximate surface area is 129 Å². The van der Waals surface area contributed by atoms with Crippen molar-refractivity contribution in [1.29, 1.82) is 0 Å². The number of thiazole rings is 1. The average Bonchev–Trinajstić information content (AvgIpc) is 2.88. The lowest BCUT2D eigenvalue weighted by Crippen LogP contribution is -2.06. The molecule has 6 heteroatoms. The van der Waals surface area contributed by atoms with Gasteiger partial charge in [-0.1, -0.05) is 23.5 Å². The van der Waals surface area contributed by atoms with Gasteiger partial charge in [-0.2, -0.15) is 0 Å². The highest BCUT2D eigenvalue weighted by molar-refractivity contribution is 7.20. The van der Waals surface area contributed by atoms with E-state index in [0.717, 1.165) is 0 Å². The van der Waals surface area contributed by atoms with Gasteiger partial charge in [0.25, 0.3) is 5.19 Å². The molecule has 1 N–H and O–H groups in total. The lowest BCUT2D eigenvalue weighted by atomic mass is 10.0. The SMILES string of the molecule is CC(C(=O)O)c1ccc(Oc2nc3ccc(F)cc3s2)cc1. The van der Waals surface area contributed by atoms with Crippen LogP contribution in [0.3, 0.4) is 0 Å². The van der Waals surface area contributed by atoms with Crippen LogP contribution in [0.15, 0.2) is 42.5 Å². The summed E-state index contributed by atoms with van der Waals surface area (Å²) in [6.07, 6.45) is 0. The number of hydrogen-bond donors (Lipinski definition) is 1. The summed E-state index contributed by atoms with van der Waals surface area (Å²) in [4.78, 5) is 15.2. The zero-order chi connectivity index (χ0) is 15.7. The summed E-state index contributed by atoms with van der Waals surface area (Å²) in [7, 11) is 0. The minimum atomic E-state index is -0.873. The molecule has 0 aliphatic carbocycles. The third-order valence-corrected chi connectivity index (χ3v) is 4.18. The van der Waals surface area contributed by atoms with E-state index in [0.29, 0.717) is 26.7 Å². The maximum atomic E-state index is 13.1. The number of carboxylic acid groups (broad SMARTS) is 1. The van der Waals surface area contributed by atoms with Crippen molar-refractivity contribution in [3.8, 4) is 10.9 Å². The molecule has 0 saturated carbocycles. The Morgan fingerprint density at radius 3 is 2.68 bits per heavy atom. The molecule has 0 fully saturated rings. The summed E-state index contributed by atoms with van der Waals surface area (Å²) in [5.74, 6) is -1.20. The summed E-state index contributed by atoms with van der Waals surface area (Å²) in [6.45, 7) is 1.63. The van der Waals surface area contributed by atoms with E-state index in [1.165, 1.54) is 23.5 Å². The Balaban J connectivity index is 1.81. The Bertz CT molecular complexity index is 829. The highest BCUT2D eigenvalue weighted by Gasteiger charge is 2.13. The van der Waals surface area contributed by atoms with Crippen molar-refractivity contribution in [2.45, 2.75) is 12.8 Å². The molecule has 1 heterocycles. The van der Waals surface area contributed by atoms with E-state index in [1.54, 1.807) is 37.3 Å². The predicted molar refractivity (Wildman–Crippen MR) is 82.1 cm³/mol. The number of aliphatic carboxylic acids is 1. The summed E-state index contributed by atoms with van der Waals surface area (Å²) in [5.41, 5.74) is 1.38. The number of fused-ring (bicyclic) bond motifs is 1. The minimum absolute atomic E-state index is 0.310. The first-order chi connectivity index (χ1) is 10.5. The fraction of sp³-hybridized carbons (Fsp3) is 0.125. The van der Waals surface area contributed by atoms with Crippen molar-refractivity contribution in [3.63, 3.8) is 0 Å². The zero-order valence-electron chi connectivity index (χ0n) is 11.6. The second-order valence-corrected chi connectivity index (χ2v) is 5.82. The van der Waals surface area contributed by atoms with E-state index in [-0.39, 0.29) is 5.82 Å². The van der Waals surface area contributed by atoms with Crippen LogP contribution in [0, 0.1) is 5.82 Å². The van der Waals surface area contributed by atoms with Crippen LogP contribution in [0.5, 0.6) is 10.9 Å². The maximum Gasteiger partial charge on any atom is 0.310 e. The number of carbonyl (C=O) groups is 1. The monoisotopic (exact) mass is 317 g/mol. The molecule has 0 spiro atoms. The predicted octanol–water partition coefficient (Wildman–Crippen LogP) is 4.42. The van der Waals surface area contributed by atoms with Gasteiger partial charge in [-0.3, -0.25) is 4.79 Å². The van der Waals surface area contributed by atoms with Gasteiger partial charge in [0.2, 0.25) is 0 Å². The second kappa shape index (κ2) is 5.73. The van der Waals surface area contributed by atoms with Gasteiger partial charge in [0.05, 0.1) is 16.1 Å². The Hall–Kier alpha value is -2.47. The van der Waals surface area contributed by atoms with E-state index in [1.807, 2.05) is 0 Å². The molecule has 0 radical (unpaired) electrons. The van der Waals surface area contributed by atoms with Gasteiger partial charge >= 0.3 is 5.97 Å². The van der Waals surface area contributed by atoms with Crippen molar-refractivity contribution in [2.75, 3.05) is 0 Å². The largest absolute Gasteiger partial charge is 0.481 e. The number of nitrogens with zero attached hydrogens (tertiary/aromatic N) is 1. The Kier molecular flexibility index (Phi) is 3.77. The Morgan fingerprint density at radius 1 is 1.27 bits per heavy atom. The zero-order valence-corrected chi connectivity index (χ0v) is 12.4. The summed E-state index contributed by atoms with van der Waals surface area (Å²) >= 11 is 1.25. The van der Waals surface area contributed by atoms with Crippen LogP contribution in [0.25, 0.3) is 10.2 Å². The molecule has 22 heavy (non-hydrogen) atoms. The highest BCUT2D eigenvalue weighted by atomic mass is 32.1. The smallest absolute Gasteiger partial charge is 0.310 e. The van der Waals surface area contributed by atoms with Crippen molar-refractivity contribution < 1.29 is 19.0 Å². The van der Waals surface area contributed by atoms with Gasteiger partial charge < -0.3 is 9.84 Å². The van der Waals surface area contributed by atoms with Crippen LogP contribution in [-0.4, -0.2) is 16.1 Å². The molecular formula is C16H12FNO3S. The van der Waals surface area contributed by atoms with E-state index in [2.05, 4.69) is 4.98 Å². The molecule has 3 rings (SSSR count). The number of hydrogen-bond acceptors (Lipinski definition) is 4. The van der Waals surface area contributed by atoms with Crippen LogP contribution in [0.1, 0.15) is 18.4 Å². The molecule has 1 unspecified atom stereocenters. The first-order valence-electron chi connectivity index (χ1n) is 6.59. The quantitative estimate of drug-likeness (QED) is 0.774. The van der Waals surface area contributed by atoms with Gasteiger partial charge in [-0.15, -0.1) is 0 Å². The van der Waals surface area contributed by atoms with Gasteiger partial charge in [0.15, 0.2) is 0 Å². The fourth-order valence-electron chi connectivity index (χ4n) is 1.99. The van der Waals surface area contributed by atoms with Crippen LogP contribution in [0.2, 0.25) is 0 Å².